The quantitative estimate of drug-likeness (QED) is 0.909. The Labute approximate surface area is 110 Å². The van der Waals surface area contributed by atoms with E-state index in [1.807, 2.05) is 12.1 Å². The largest absolute Gasteiger partial charge is 0.461 e. The van der Waals surface area contributed by atoms with E-state index in [1.54, 1.807) is 0 Å². The van der Waals surface area contributed by atoms with Crippen LogP contribution in [0.3, 0.4) is 0 Å². The molecule has 0 bridgehead atoms. The minimum Gasteiger partial charge on any atom is -0.461 e. The van der Waals surface area contributed by atoms with E-state index in [0.717, 1.165) is 28.8 Å². The fraction of sp³-hybridized carbons (Fsp3) is 0.429. The van der Waals surface area contributed by atoms with Gasteiger partial charge in [0.2, 0.25) is 0 Å². The molecule has 1 aliphatic heterocycles. The predicted molar refractivity (Wildman–Crippen MR) is 73.3 cm³/mol. The van der Waals surface area contributed by atoms with Crippen LogP contribution in [0.1, 0.15) is 25.0 Å². The SMILES string of the molecule is Brc1cccc2oc(C[C@@H]3CCCCN3)cc12. The topological polar surface area (TPSA) is 25.2 Å². The van der Waals surface area contributed by atoms with E-state index in [1.165, 1.54) is 24.6 Å². The van der Waals surface area contributed by atoms with Crippen LogP contribution in [0.5, 0.6) is 0 Å². The Morgan fingerprint density at radius 2 is 2.29 bits per heavy atom. The molecule has 1 aromatic carbocycles. The van der Waals surface area contributed by atoms with Crippen molar-refractivity contribution in [2.75, 3.05) is 6.54 Å². The third kappa shape index (κ3) is 2.40. The molecule has 0 spiro atoms. The highest BCUT2D eigenvalue weighted by molar-refractivity contribution is 9.10. The zero-order valence-corrected chi connectivity index (χ0v) is 11.3. The van der Waals surface area contributed by atoms with Gasteiger partial charge in [0.25, 0.3) is 0 Å². The number of halogens is 1. The average Bonchev–Trinajstić information content (AvgIpc) is 2.74. The van der Waals surface area contributed by atoms with Crippen molar-refractivity contribution in [2.24, 2.45) is 0 Å². The van der Waals surface area contributed by atoms with Gasteiger partial charge in [-0.1, -0.05) is 28.4 Å². The molecular weight excluding hydrogens is 278 g/mol. The van der Waals surface area contributed by atoms with Crippen LogP contribution in [0.2, 0.25) is 0 Å². The fourth-order valence-electron chi connectivity index (χ4n) is 2.52. The molecule has 1 saturated heterocycles. The first-order valence-electron chi connectivity index (χ1n) is 6.23. The summed E-state index contributed by atoms with van der Waals surface area (Å²) in [5.74, 6) is 1.09. The van der Waals surface area contributed by atoms with Gasteiger partial charge in [-0.2, -0.15) is 0 Å². The Bertz CT molecular complexity index is 514. The smallest absolute Gasteiger partial charge is 0.135 e. The second-order valence-corrected chi connectivity index (χ2v) is 5.57. The summed E-state index contributed by atoms with van der Waals surface area (Å²) in [6.45, 7) is 1.15. The predicted octanol–water partition coefficient (Wildman–Crippen LogP) is 3.88. The zero-order valence-electron chi connectivity index (χ0n) is 9.71. The molecule has 0 saturated carbocycles. The number of fused-ring (bicyclic) bond motifs is 1. The van der Waals surface area contributed by atoms with Gasteiger partial charge in [0, 0.05) is 22.3 Å². The average molecular weight is 294 g/mol. The second-order valence-electron chi connectivity index (χ2n) is 4.72. The summed E-state index contributed by atoms with van der Waals surface area (Å²) >= 11 is 3.56. The molecule has 17 heavy (non-hydrogen) atoms. The van der Waals surface area contributed by atoms with Crippen molar-refractivity contribution in [3.63, 3.8) is 0 Å². The first kappa shape index (κ1) is 11.3. The van der Waals surface area contributed by atoms with Gasteiger partial charge in [0.05, 0.1) is 0 Å². The molecule has 90 valence electrons. The van der Waals surface area contributed by atoms with E-state index >= 15 is 0 Å². The minimum atomic E-state index is 0.586. The number of piperidine rings is 1. The molecule has 2 aromatic rings. The molecule has 1 aliphatic rings. The third-order valence-corrected chi connectivity index (χ3v) is 4.11. The molecule has 0 radical (unpaired) electrons. The van der Waals surface area contributed by atoms with Crippen LogP contribution in [0.4, 0.5) is 0 Å². The molecule has 1 aromatic heterocycles. The number of hydrogen-bond acceptors (Lipinski definition) is 2. The Hall–Kier alpha value is -0.800. The van der Waals surface area contributed by atoms with Crippen molar-refractivity contribution in [1.82, 2.24) is 5.32 Å². The monoisotopic (exact) mass is 293 g/mol. The molecule has 1 fully saturated rings. The lowest BCUT2D eigenvalue weighted by Crippen LogP contribution is -2.35. The Kier molecular flexibility index (Phi) is 3.21. The van der Waals surface area contributed by atoms with Gasteiger partial charge in [-0.25, -0.2) is 0 Å². The fourth-order valence-corrected chi connectivity index (χ4v) is 2.98. The summed E-state index contributed by atoms with van der Waals surface area (Å²) in [6, 6.07) is 8.84. The highest BCUT2D eigenvalue weighted by Gasteiger charge is 2.15. The zero-order chi connectivity index (χ0) is 11.7. The van der Waals surface area contributed by atoms with Gasteiger partial charge in [-0.3, -0.25) is 0 Å². The van der Waals surface area contributed by atoms with Crippen LogP contribution in [0.25, 0.3) is 11.0 Å². The van der Waals surface area contributed by atoms with Crippen molar-refractivity contribution in [2.45, 2.75) is 31.7 Å². The lowest BCUT2D eigenvalue weighted by Gasteiger charge is -2.22. The van der Waals surface area contributed by atoms with Crippen molar-refractivity contribution in [3.8, 4) is 0 Å². The highest BCUT2D eigenvalue weighted by atomic mass is 79.9. The van der Waals surface area contributed by atoms with E-state index in [-0.39, 0.29) is 0 Å². The molecule has 2 heterocycles. The molecule has 0 unspecified atom stereocenters. The maximum atomic E-state index is 5.88. The van der Waals surface area contributed by atoms with Gasteiger partial charge < -0.3 is 9.73 Å². The standard InChI is InChI=1S/C14H16BrNO/c15-13-5-3-6-14-12(13)9-11(17-14)8-10-4-1-2-7-16-10/h3,5-6,9-10,16H,1-2,4,7-8H2/t10-/m0/s1. The van der Waals surface area contributed by atoms with Crippen LogP contribution in [-0.4, -0.2) is 12.6 Å². The Balaban J connectivity index is 1.83. The van der Waals surface area contributed by atoms with Crippen molar-refractivity contribution in [1.29, 1.82) is 0 Å². The van der Waals surface area contributed by atoms with Gasteiger partial charge >= 0.3 is 0 Å². The molecule has 1 atom stereocenters. The summed E-state index contributed by atoms with van der Waals surface area (Å²) < 4.78 is 6.99. The number of rotatable bonds is 2. The van der Waals surface area contributed by atoms with E-state index < -0.39 is 0 Å². The van der Waals surface area contributed by atoms with Crippen molar-refractivity contribution < 1.29 is 4.42 Å². The molecule has 2 nitrogen and oxygen atoms in total. The summed E-state index contributed by atoms with van der Waals surface area (Å²) in [5, 5.41) is 4.73. The summed E-state index contributed by atoms with van der Waals surface area (Å²) in [6.07, 6.45) is 4.91. The number of benzene rings is 1. The molecular formula is C14H16BrNO. The summed E-state index contributed by atoms with van der Waals surface area (Å²) in [4.78, 5) is 0. The first-order valence-corrected chi connectivity index (χ1v) is 7.02. The second kappa shape index (κ2) is 4.83. The molecule has 0 aliphatic carbocycles. The Morgan fingerprint density at radius 3 is 3.06 bits per heavy atom. The first-order chi connectivity index (χ1) is 8.33. The van der Waals surface area contributed by atoms with Crippen LogP contribution in [-0.2, 0) is 6.42 Å². The van der Waals surface area contributed by atoms with E-state index in [2.05, 4.69) is 33.4 Å². The summed E-state index contributed by atoms with van der Waals surface area (Å²) in [7, 11) is 0. The lowest BCUT2D eigenvalue weighted by molar-refractivity contribution is 0.378. The molecule has 0 amide bonds. The van der Waals surface area contributed by atoms with Gasteiger partial charge in [-0.15, -0.1) is 0 Å². The number of hydrogen-bond donors (Lipinski definition) is 1. The van der Waals surface area contributed by atoms with Gasteiger partial charge in [0.1, 0.15) is 11.3 Å². The third-order valence-electron chi connectivity index (χ3n) is 3.42. The highest BCUT2D eigenvalue weighted by Crippen LogP contribution is 2.28. The van der Waals surface area contributed by atoms with E-state index in [0.29, 0.717) is 6.04 Å². The van der Waals surface area contributed by atoms with Crippen LogP contribution in [0.15, 0.2) is 33.2 Å². The summed E-state index contributed by atoms with van der Waals surface area (Å²) in [5.41, 5.74) is 0.977. The minimum absolute atomic E-state index is 0.586. The number of furan rings is 1. The van der Waals surface area contributed by atoms with Gasteiger partial charge in [-0.05, 0) is 37.6 Å². The van der Waals surface area contributed by atoms with Crippen LogP contribution >= 0.6 is 15.9 Å². The van der Waals surface area contributed by atoms with Gasteiger partial charge in [0.15, 0.2) is 0 Å². The maximum Gasteiger partial charge on any atom is 0.135 e. The van der Waals surface area contributed by atoms with E-state index in [4.69, 9.17) is 4.42 Å². The van der Waals surface area contributed by atoms with Crippen molar-refractivity contribution >= 4 is 26.9 Å². The molecule has 1 N–H and O–H groups in total. The Morgan fingerprint density at radius 1 is 1.35 bits per heavy atom. The van der Waals surface area contributed by atoms with Crippen molar-refractivity contribution in [3.05, 3.63) is 34.5 Å². The maximum absolute atomic E-state index is 5.88. The molecule has 3 heteroatoms. The lowest BCUT2D eigenvalue weighted by atomic mass is 10.0. The van der Waals surface area contributed by atoms with E-state index in [9.17, 15) is 0 Å². The molecule has 3 rings (SSSR count). The number of nitrogens with one attached hydrogen (secondary N) is 1. The van der Waals surface area contributed by atoms with Crippen LogP contribution < -0.4 is 5.32 Å². The normalized spacial score (nSPS) is 20.9. The van der Waals surface area contributed by atoms with Crippen LogP contribution in [0, 0.1) is 0 Å².